The number of halogens is 1. The van der Waals surface area contributed by atoms with Crippen LogP contribution in [0.25, 0.3) is 0 Å². The van der Waals surface area contributed by atoms with Crippen LogP contribution in [0.5, 0.6) is 0 Å². The minimum Gasteiger partial charge on any atom is -0.310 e. The number of nitrogens with one attached hydrogen (secondary N) is 1. The number of aryl methyl sites for hydroxylation is 1. The van der Waals surface area contributed by atoms with Gasteiger partial charge in [-0.05, 0) is 61.2 Å². The second-order valence-corrected chi connectivity index (χ2v) is 5.51. The van der Waals surface area contributed by atoms with E-state index in [0.29, 0.717) is 6.04 Å². The Morgan fingerprint density at radius 3 is 2.60 bits per heavy atom. The van der Waals surface area contributed by atoms with Gasteiger partial charge < -0.3 is 5.32 Å². The molecule has 0 bridgehead atoms. The number of hydrogen-bond donors (Lipinski definition) is 1. The molecule has 2 aromatic rings. The van der Waals surface area contributed by atoms with E-state index < -0.39 is 0 Å². The van der Waals surface area contributed by atoms with Crippen LogP contribution in [0.1, 0.15) is 36.1 Å². The Morgan fingerprint density at radius 2 is 1.95 bits per heavy atom. The summed E-state index contributed by atoms with van der Waals surface area (Å²) >= 11 is 5.95. The van der Waals surface area contributed by atoms with Crippen molar-refractivity contribution in [2.45, 2.75) is 32.7 Å². The molecule has 0 amide bonds. The third kappa shape index (κ3) is 4.06. The van der Waals surface area contributed by atoms with Gasteiger partial charge in [0.05, 0.1) is 0 Å². The van der Waals surface area contributed by atoms with E-state index >= 15 is 0 Å². The van der Waals surface area contributed by atoms with Gasteiger partial charge in [0.2, 0.25) is 0 Å². The van der Waals surface area contributed by atoms with Crippen molar-refractivity contribution in [2.75, 3.05) is 6.54 Å². The van der Waals surface area contributed by atoms with Crippen LogP contribution in [0.15, 0.2) is 42.7 Å². The SMILES string of the molecule is CCCNC(Cc1ccc(Cl)cc1)c1cnccc1C. The minimum absolute atomic E-state index is 0.296. The molecule has 0 radical (unpaired) electrons. The third-order valence-corrected chi connectivity index (χ3v) is 3.70. The van der Waals surface area contributed by atoms with Crippen molar-refractivity contribution >= 4 is 11.6 Å². The first kappa shape index (κ1) is 15.0. The lowest BCUT2D eigenvalue weighted by Crippen LogP contribution is -2.25. The maximum atomic E-state index is 5.95. The third-order valence-electron chi connectivity index (χ3n) is 3.45. The minimum atomic E-state index is 0.296. The summed E-state index contributed by atoms with van der Waals surface area (Å²) in [6, 6.07) is 10.4. The van der Waals surface area contributed by atoms with Gasteiger partial charge in [0.15, 0.2) is 0 Å². The van der Waals surface area contributed by atoms with Crippen molar-refractivity contribution < 1.29 is 0 Å². The highest BCUT2D eigenvalue weighted by atomic mass is 35.5. The molecule has 20 heavy (non-hydrogen) atoms. The van der Waals surface area contributed by atoms with Crippen LogP contribution < -0.4 is 5.32 Å². The Bertz CT molecular complexity index is 537. The van der Waals surface area contributed by atoms with E-state index in [1.165, 1.54) is 16.7 Å². The predicted molar refractivity (Wildman–Crippen MR) is 85.2 cm³/mol. The Hall–Kier alpha value is -1.38. The molecule has 2 rings (SSSR count). The zero-order valence-electron chi connectivity index (χ0n) is 12.1. The molecule has 1 atom stereocenters. The van der Waals surface area contributed by atoms with Gasteiger partial charge in [0, 0.05) is 23.5 Å². The van der Waals surface area contributed by atoms with E-state index in [-0.39, 0.29) is 0 Å². The van der Waals surface area contributed by atoms with Gasteiger partial charge in [-0.1, -0.05) is 30.7 Å². The van der Waals surface area contributed by atoms with Crippen LogP contribution in [0.4, 0.5) is 0 Å². The maximum Gasteiger partial charge on any atom is 0.0406 e. The normalized spacial score (nSPS) is 12.3. The quantitative estimate of drug-likeness (QED) is 0.856. The Kier molecular flexibility index (Phi) is 5.57. The average Bonchev–Trinajstić information content (AvgIpc) is 2.46. The number of hydrogen-bond acceptors (Lipinski definition) is 2. The van der Waals surface area contributed by atoms with Gasteiger partial charge in [0.1, 0.15) is 0 Å². The maximum absolute atomic E-state index is 5.95. The van der Waals surface area contributed by atoms with Crippen molar-refractivity contribution in [1.29, 1.82) is 0 Å². The first-order chi connectivity index (χ1) is 9.70. The highest BCUT2D eigenvalue weighted by Gasteiger charge is 2.13. The fraction of sp³-hybridized carbons (Fsp3) is 0.353. The molecule has 0 saturated heterocycles. The lowest BCUT2D eigenvalue weighted by Gasteiger charge is -2.20. The average molecular weight is 289 g/mol. The molecular formula is C17H21ClN2. The largest absolute Gasteiger partial charge is 0.310 e. The predicted octanol–water partition coefficient (Wildman–Crippen LogP) is 4.33. The van der Waals surface area contributed by atoms with E-state index in [0.717, 1.165) is 24.4 Å². The second-order valence-electron chi connectivity index (χ2n) is 5.07. The van der Waals surface area contributed by atoms with Crippen molar-refractivity contribution in [3.05, 3.63) is 64.4 Å². The molecule has 1 N–H and O–H groups in total. The van der Waals surface area contributed by atoms with Gasteiger partial charge >= 0.3 is 0 Å². The van der Waals surface area contributed by atoms with Gasteiger partial charge in [-0.3, -0.25) is 4.98 Å². The van der Waals surface area contributed by atoms with Gasteiger partial charge in [-0.2, -0.15) is 0 Å². The van der Waals surface area contributed by atoms with Crippen molar-refractivity contribution in [3.8, 4) is 0 Å². The second kappa shape index (κ2) is 7.41. The molecule has 0 fully saturated rings. The molecule has 0 saturated carbocycles. The molecule has 2 nitrogen and oxygen atoms in total. The zero-order chi connectivity index (χ0) is 14.4. The van der Waals surface area contributed by atoms with Crippen LogP contribution >= 0.6 is 11.6 Å². The number of pyridine rings is 1. The molecule has 0 aliphatic rings. The monoisotopic (exact) mass is 288 g/mol. The van der Waals surface area contributed by atoms with E-state index in [2.05, 4.69) is 42.3 Å². The molecule has 1 unspecified atom stereocenters. The highest BCUT2D eigenvalue weighted by Crippen LogP contribution is 2.22. The molecule has 1 aromatic heterocycles. The summed E-state index contributed by atoms with van der Waals surface area (Å²) in [6.45, 7) is 5.33. The Labute approximate surface area is 126 Å². The number of aromatic nitrogens is 1. The summed E-state index contributed by atoms with van der Waals surface area (Å²) in [6.07, 6.45) is 5.89. The van der Waals surface area contributed by atoms with Crippen molar-refractivity contribution in [1.82, 2.24) is 10.3 Å². The van der Waals surface area contributed by atoms with Crippen LogP contribution in [-0.4, -0.2) is 11.5 Å². The number of nitrogens with zero attached hydrogens (tertiary/aromatic N) is 1. The summed E-state index contributed by atoms with van der Waals surface area (Å²) in [4.78, 5) is 4.27. The smallest absolute Gasteiger partial charge is 0.0406 e. The van der Waals surface area contributed by atoms with Crippen molar-refractivity contribution in [2.24, 2.45) is 0 Å². The molecule has 0 aliphatic heterocycles. The van der Waals surface area contributed by atoms with Crippen LogP contribution in [0.3, 0.4) is 0 Å². The lowest BCUT2D eigenvalue weighted by molar-refractivity contribution is 0.526. The lowest BCUT2D eigenvalue weighted by atomic mass is 9.97. The molecular weight excluding hydrogens is 268 g/mol. The first-order valence-corrected chi connectivity index (χ1v) is 7.47. The van der Waals surface area contributed by atoms with Crippen LogP contribution in [-0.2, 0) is 6.42 Å². The fourth-order valence-electron chi connectivity index (χ4n) is 2.31. The zero-order valence-corrected chi connectivity index (χ0v) is 12.8. The van der Waals surface area contributed by atoms with Crippen molar-refractivity contribution in [3.63, 3.8) is 0 Å². The topological polar surface area (TPSA) is 24.9 Å². The van der Waals surface area contributed by atoms with E-state index in [9.17, 15) is 0 Å². The standard InChI is InChI=1S/C17H21ClN2/c1-3-9-20-17(16-12-19-10-8-13(16)2)11-14-4-6-15(18)7-5-14/h4-8,10,12,17,20H,3,9,11H2,1-2H3. The van der Waals surface area contributed by atoms with Gasteiger partial charge in [0.25, 0.3) is 0 Å². The first-order valence-electron chi connectivity index (χ1n) is 7.09. The molecule has 0 spiro atoms. The molecule has 106 valence electrons. The van der Waals surface area contributed by atoms with Gasteiger partial charge in [-0.15, -0.1) is 0 Å². The molecule has 1 heterocycles. The summed E-state index contributed by atoms with van der Waals surface area (Å²) in [5, 5.41) is 4.40. The number of benzene rings is 1. The molecule has 0 aliphatic carbocycles. The van der Waals surface area contributed by atoms with E-state index in [1.54, 1.807) is 0 Å². The van der Waals surface area contributed by atoms with E-state index in [1.807, 2.05) is 24.5 Å². The highest BCUT2D eigenvalue weighted by molar-refractivity contribution is 6.30. The van der Waals surface area contributed by atoms with Gasteiger partial charge in [-0.25, -0.2) is 0 Å². The van der Waals surface area contributed by atoms with Crippen LogP contribution in [0.2, 0.25) is 5.02 Å². The number of rotatable bonds is 6. The molecule has 3 heteroatoms. The Morgan fingerprint density at radius 1 is 1.20 bits per heavy atom. The summed E-state index contributed by atoms with van der Waals surface area (Å²) in [5.41, 5.74) is 3.84. The summed E-state index contributed by atoms with van der Waals surface area (Å²) < 4.78 is 0. The summed E-state index contributed by atoms with van der Waals surface area (Å²) in [7, 11) is 0. The fourth-order valence-corrected chi connectivity index (χ4v) is 2.43. The Balaban J connectivity index is 2.19. The summed E-state index contributed by atoms with van der Waals surface area (Å²) in [5.74, 6) is 0. The molecule has 1 aromatic carbocycles. The van der Waals surface area contributed by atoms with E-state index in [4.69, 9.17) is 11.6 Å². The van der Waals surface area contributed by atoms with Crippen LogP contribution in [0, 0.1) is 6.92 Å².